The molecule has 4 rings (SSSR count). The Hall–Kier alpha value is -5.40. The van der Waals surface area contributed by atoms with Gasteiger partial charge in [0.2, 0.25) is 0 Å². The number of aromatic nitrogens is 2. The molecule has 42 heavy (non-hydrogen) atoms. The van der Waals surface area contributed by atoms with Gasteiger partial charge in [0.25, 0.3) is 11.8 Å². The molecule has 2 N–H and O–H groups in total. The number of hydrogen-bond acceptors (Lipinski definition) is 11. The maximum absolute atomic E-state index is 12.1. The van der Waals surface area contributed by atoms with Gasteiger partial charge < -0.3 is 9.68 Å². The molecule has 2 amide bonds. The van der Waals surface area contributed by atoms with Crippen LogP contribution in [0, 0.1) is 23.7 Å². The Bertz CT molecular complexity index is 1580. The predicted molar refractivity (Wildman–Crippen MR) is 154 cm³/mol. The number of pyridine rings is 2. The monoisotopic (exact) mass is 568 g/mol. The molecule has 1 aromatic carbocycles. The van der Waals surface area contributed by atoms with Crippen molar-refractivity contribution in [2.24, 2.45) is 16.2 Å². The Morgan fingerprint density at radius 1 is 0.762 bits per heavy atom. The van der Waals surface area contributed by atoms with Crippen LogP contribution >= 0.6 is 0 Å². The first-order valence-electron chi connectivity index (χ1n) is 12.4. The summed E-state index contributed by atoms with van der Waals surface area (Å²) in [4.78, 5) is 51.9. The van der Waals surface area contributed by atoms with E-state index in [0.717, 1.165) is 10.8 Å². The number of oxime groups is 2. The molecule has 0 saturated heterocycles. The summed E-state index contributed by atoms with van der Waals surface area (Å²) in [6, 6.07) is 17.4. The zero-order valence-corrected chi connectivity index (χ0v) is 23.5. The molecule has 214 valence electrons. The zero-order valence-electron chi connectivity index (χ0n) is 23.5. The molecule has 0 atom stereocenters. The highest BCUT2D eigenvalue weighted by molar-refractivity contribution is 6.20. The van der Waals surface area contributed by atoms with E-state index >= 15 is 0 Å². The molecule has 0 fully saturated rings. The van der Waals surface area contributed by atoms with E-state index in [0.29, 0.717) is 39.6 Å². The van der Waals surface area contributed by atoms with Crippen molar-refractivity contribution in [1.29, 1.82) is 0 Å². The number of hydroxylamine groups is 2. The molecule has 0 bridgehead atoms. The van der Waals surface area contributed by atoms with Gasteiger partial charge in [0, 0.05) is 0 Å². The Labute approximate surface area is 243 Å². The molecule has 1 aliphatic rings. The highest BCUT2D eigenvalue weighted by Gasteiger charge is 2.36. The Morgan fingerprint density at radius 3 is 1.69 bits per heavy atom. The molecule has 2 aromatic heterocycles. The second-order valence-electron chi connectivity index (χ2n) is 8.17. The number of fused-ring (bicyclic) bond motifs is 1. The van der Waals surface area contributed by atoms with Crippen molar-refractivity contribution < 1.29 is 28.9 Å². The maximum atomic E-state index is 12.1. The zero-order chi connectivity index (χ0) is 30.3. The second-order valence-corrected chi connectivity index (χ2v) is 8.17. The highest BCUT2D eigenvalue weighted by atomic mass is 16.7. The van der Waals surface area contributed by atoms with Crippen LogP contribution in [0.3, 0.4) is 0 Å². The number of amides is 2. The predicted octanol–water partition coefficient (Wildman–Crippen LogP) is 2.73. The van der Waals surface area contributed by atoms with Crippen molar-refractivity contribution in [3.05, 3.63) is 94.6 Å². The lowest BCUT2D eigenvalue weighted by Gasteiger charge is -2.10. The van der Waals surface area contributed by atoms with E-state index in [1.807, 2.05) is 19.1 Å². The van der Waals surface area contributed by atoms with Crippen LogP contribution in [-0.2, 0) is 19.4 Å². The van der Waals surface area contributed by atoms with Crippen LogP contribution in [0.1, 0.15) is 57.3 Å². The van der Waals surface area contributed by atoms with Crippen LogP contribution in [0.5, 0.6) is 0 Å². The van der Waals surface area contributed by atoms with Crippen LogP contribution < -0.4 is 5.90 Å². The van der Waals surface area contributed by atoms with Crippen LogP contribution in [0.15, 0.2) is 71.0 Å². The average molecular weight is 569 g/mol. The fraction of sp³-hybridized carbons (Fsp3) is 0.200. The van der Waals surface area contributed by atoms with Crippen molar-refractivity contribution in [3.8, 4) is 23.7 Å². The average Bonchev–Trinajstić information content (AvgIpc) is 3.25. The molecule has 12 heteroatoms. The number of nitrogens with two attached hydrogens (primary N) is 1. The number of benzene rings is 1. The highest BCUT2D eigenvalue weighted by Crippen LogP contribution is 2.22. The summed E-state index contributed by atoms with van der Waals surface area (Å²) in [7, 11) is 2.95. The van der Waals surface area contributed by atoms with E-state index in [1.165, 1.54) is 14.2 Å². The topological polar surface area (TPSA) is 151 Å². The Kier molecular flexibility index (Phi) is 11.9. The van der Waals surface area contributed by atoms with Gasteiger partial charge in [0.15, 0.2) is 0 Å². The van der Waals surface area contributed by atoms with Crippen LogP contribution in [0.4, 0.5) is 0 Å². The molecule has 3 heterocycles. The summed E-state index contributed by atoms with van der Waals surface area (Å²) in [6.07, 6.45) is 0. The molecule has 3 aromatic rings. The quantitative estimate of drug-likeness (QED) is 0.196. The first-order chi connectivity index (χ1) is 20.4. The summed E-state index contributed by atoms with van der Waals surface area (Å²) < 4.78 is 0. The van der Waals surface area contributed by atoms with Crippen molar-refractivity contribution >= 4 is 23.2 Å². The third kappa shape index (κ3) is 8.55. The molecule has 1 aliphatic heterocycles. The minimum Gasteiger partial charge on any atom is -0.399 e. The number of carbonyl (C=O) groups excluding carboxylic acids is 2. The number of carbonyl (C=O) groups is 2. The van der Waals surface area contributed by atoms with Gasteiger partial charge in [-0.25, -0.2) is 20.7 Å². The summed E-state index contributed by atoms with van der Waals surface area (Å²) in [6.45, 7) is 3.64. The number of imide groups is 1. The normalized spacial score (nSPS) is 12.3. The molecular formula is C30H28N6O6. The van der Waals surface area contributed by atoms with Gasteiger partial charge in [0.1, 0.15) is 50.2 Å². The lowest BCUT2D eigenvalue weighted by Crippen LogP contribution is -2.30. The van der Waals surface area contributed by atoms with Gasteiger partial charge in [-0.2, -0.15) is 0 Å². The van der Waals surface area contributed by atoms with Gasteiger partial charge in [-0.05, 0) is 62.1 Å². The summed E-state index contributed by atoms with van der Waals surface area (Å²) in [5.74, 6) is 15.0. The Morgan fingerprint density at radius 2 is 1.24 bits per heavy atom. The standard InChI is InChI=1S/C19H15N3O4.C11H13N3O2/c1-13(21-25-2)17-11-5-7-14(20-17)8-6-12-26-22-18(23)15-9-3-4-10-16(15)19(22)24;1-9(14-15-2)11-7-3-5-10(13-11)6-4-8-16-12/h3-5,7,9-11H,12H2,1-2H3;3,5,7H,8,12H2,1-2H3/b21-13+;14-9+. The molecule has 0 saturated carbocycles. The maximum Gasteiger partial charge on any atom is 0.285 e. The SMILES string of the molecule is CO/N=C(\C)c1cccc(C#CCON)n1.CO/N=C(\C)c1cccc(C#CCON2C(=O)c3ccccc3C2=O)n1. The van der Waals surface area contributed by atoms with Gasteiger partial charge in [-0.1, -0.05) is 46.4 Å². The number of nitrogens with zero attached hydrogens (tertiary/aromatic N) is 5. The summed E-state index contributed by atoms with van der Waals surface area (Å²) in [5, 5.41) is 8.35. The van der Waals surface area contributed by atoms with Crippen molar-refractivity contribution in [1.82, 2.24) is 15.0 Å². The van der Waals surface area contributed by atoms with E-state index in [9.17, 15) is 9.59 Å². The summed E-state index contributed by atoms with van der Waals surface area (Å²) >= 11 is 0. The lowest BCUT2D eigenvalue weighted by molar-refractivity contribution is -0.0782. The fourth-order valence-electron chi connectivity index (χ4n) is 3.46. The van der Waals surface area contributed by atoms with Gasteiger partial charge >= 0.3 is 0 Å². The van der Waals surface area contributed by atoms with Crippen molar-refractivity contribution in [2.75, 3.05) is 27.4 Å². The second kappa shape index (κ2) is 16.0. The third-order valence-electron chi connectivity index (χ3n) is 5.31. The van der Waals surface area contributed by atoms with Gasteiger partial charge in [-0.15, -0.1) is 5.06 Å². The molecule has 0 unspecified atom stereocenters. The first kappa shape index (κ1) is 31.1. The summed E-state index contributed by atoms with van der Waals surface area (Å²) in [5.41, 5.74) is 4.49. The van der Waals surface area contributed by atoms with E-state index in [2.05, 4.69) is 53.6 Å². The fourth-order valence-corrected chi connectivity index (χ4v) is 3.46. The lowest BCUT2D eigenvalue weighted by atomic mass is 10.1. The molecule has 0 spiro atoms. The van der Waals surface area contributed by atoms with E-state index in [1.54, 1.807) is 55.5 Å². The first-order valence-corrected chi connectivity index (χ1v) is 12.4. The molecule has 0 radical (unpaired) electrons. The van der Waals surface area contributed by atoms with E-state index < -0.39 is 11.8 Å². The molecule has 12 nitrogen and oxygen atoms in total. The Balaban J connectivity index is 0.000000260. The van der Waals surface area contributed by atoms with Crippen LogP contribution in [-0.4, -0.2) is 65.7 Å². The van der Waals surface area contributed by atoms with Crippen molar-refractivity contribution in [2.45, 2.75) is 13.8 Å². The minimum atomic E-state index is -0.487. The molecule has 0 aliphatic carbocycles. The largest absolute Gasteiger partial charge is 0.399 e. The van der Waals surface area contributed by atoms with Gasteiger partial charge in [0.05, 0.1) is 22.5 Å². The van der Waals surface area contributed by atoms with Crippen LogP contribution in [0.2, 0.25) is 0 Å². The number of rotatable bonds is 7. The smallest absolute Gasteiger partial charge is 0.285 e. The van der Waals surface area contributed by atoms with E-state index in [-0.39, 0.29) is 13.2 Å². The third-order valence-corrected chi connectivity index (χ3v) is 5.31. The minimum absolute atomic E-state index is 0.123. The molecular weight excluding hydrogens is 540 g/mol. The number of hydrogen-bond donors (Lipinski definition) is 1. The van der Waals surface area contributed by atoms with Crippen molar-refractivity contribution in [3.63, 3.8) is 0 Å². The van der Waals surface area contributed by atoms with Crippen LogP contribution in [0.25, 0.3) is 0 Å². The van der Waals surface area contributed by atoms with Gasteiger partial charge in [-0.3, -0.25) is 14.4 Å². The van der Waals surface area contributed by atoms with E-state index in [4.69, 9.17) is 15.6 Å².